The van der Waals surface area contributed by atoms with E-state index in [1.54, 1.807) is 12.1 Å². The number of benzene rings is 3. The average Bonchev–Trinajstić information content (AvgIpc) is 3.10. The summed E-state index contributed by atoms with van der Waals surface area (Å²) in [6, 6.07) is 24.6. The first-order valence-electron chi connectivity index (χ1n) is 9.52. The second-order valence-electron chi connectivity index (χ2n) is 6.90. The number of aryl methyl sites for hydroxylation is 1. The molecule has 0 spiro atoms. The van der Waals surface area contributed by atoms with Crippen molar-refractivity contribution in [3.63, 3.8) is 0 Å². The zero-order valence-electron chi connectivity index (χ0n) is 16.1. The number of carbonyl (C=O) groups is 2. The van der Waals surface area contributed by atoms with Gasteiger partial charge < -0.3 is 9.88 Å². The topological polar surface area (TPSA) is 64.0 Å². The third-order valence-electron chi connectivity index (χ3n) is 4.89. The predicted octanol–water partition coefficient (Wildman–Crippen LogP) is 4.84. The van der Waals surface area contributed by atoms with Gasteiger partial charge in [-0.2, -0.15) is 0 Å². The number of hydrogen-bond acceptors (Lipinski definition) is 3. The molecule has 1 amide bonds. The number of nitrogens with one attached hydrogen (secondary N) is 1. The van der Waals surface area contributed by atoms with Crippen molar-refractivity contribution in [3.05, 3.63) is 84.4 Å². The second-order valence-corrected chi connectivity index (χ2v) is 6.90. The Hall–Kier alpha value is -3.73. The van der Waals surface area contributed by atoms with Crippen molar-refractivity contribution >= 4 is 28.4 Å². The molecule has 1 aromatic heterocycles. The minimum atomic E-state index is -0.176. The molecule has 144 valence electrons. The molecule has 0 aliphatic heterocycles. The Morgan fingerprint density at radius 3 is 2.28 bits per heavy atom. The molecule has 1 N–H and O–H groups in total. The van der Waals surface area contributed by atoms with E-state index in [0.29, 0.717) is 11.3 Å². The second kappa shape index (κ2) is 8.10. The van der Waals surface area contributed by atoms with Crippen molar-refractivity contribution in [3.8, 4) is 11.4 Å². The number of amides is 1. The molecule has 0 saturated carbocycles. The third-order valence-corrected chi connectivity index (χ3v) is 4.89. The third kappa shape index (κ3) is 4.09. The van der Waals surface area contributed by atoms with Crippen LogP contribution in [0.1, 0.15) is 23.2 Å². The number of Topliss-reactive ketones (excluding diaryl/α,β-unsaturated/α-hetero) is 1. The quantitative estimate of drug-likeness (QED) is 0.485. The Kier molecular flexibility index (Phi) is 5.20. The number of anilines is 1. The zero-order chi connectivity index (χ0) is 20.2. The van der Waals surface area contributed by atoms with Crippen LogP contribution in [0.25, 0.3) is 22.4 Å². The lowest BCUT2D eigenvalue weighted by atomic mass is 10.1. The van der Waals surface area contributed by atoms with Gasteiger partial charge in [0.2, 0.25) is 5.91 Å². The average molecular weight is 383 g/mol. The van der Waals surface area contributed by atoms with Crippen LogP contribution in [0.2, 0.25) is 0 Å². The SMILES string of the molecule is Cn1c(-c2ccc(NC(=O)CCC(=O)c3ccccc3)cc2)nc2ccccc21. The molecule has 4 aromatic rings. The molecule has 3 aromatic carbocycles. The monoisotopic (exact) mass is 383 g/mol. The molecule has 0 fully saturated rings. The molecule has 0 bridgehead atoms. The molecular weight excluding hydrogens is 362 g/mol. The van der Waals surface area contributed by atoms with Gasteiger partial charge in [0, 0.05) is 36.7 Å². The Bertz CT molecular complexity index is 1160. The summed E-state index contributed by atoms with van der Waals surface area (Å²) >= 11 is 0. The molecular formula is C24H21N3O2. The molecule has 0 atom stereocenters. The van der Waals surface area contributed by atoms with E-state index >= 15 is 0 Å². The van der Waals surface area contributed by atoms with Crippen molar-refractivity contribution in [2.75, 3.05) is 5.32 Å². The molecule has 0 aliphatic carbocycles. The lowest BCUT2D eigenvalue weighted by Crippen LogP contribution is -2.13. The molecule has 4 rings (SSSR count). The number of carbonyl (C=O) groups excluding carboxylic acids is 2. The summed E-state index contributed by atoms with van der Waals surface area (Å²) in [6.45, 7) is 0. The number of nitrogens with zero attached hydrogens (tertiary/aromatic N) is 2. The van der Waals surface area contributed by atoms with E-state index in [9.17, 15) is 9.59 Å². The Morgan fingerprint density at radius 2 is 1.55 bits per heavy atom. The van der Waals surface area contributed by atoms with E-state index in [2.05, 4.69) is 14.9 Å². The smallest absolute Gasteiger partial charge is 0.224 e. The van der Waals surface area contributed by atoms with Crippen LogP contribution < -0.4 is 5.32 Å². The standard InChI is InChI=1S/C24H21N3O2/c1-27-21-10-6-5-9-20(21)26-24(27)18-11-13-19(14-12-18)25-23(29)16-15-22(28)17-7-3-2-4-8-17/h2-14H,15-16H2,1H3,(H,25,29). The zero-order valence-corrected chi connectivity index (χ0v) is 16.1. The normalized spacial score (nSPS) is 10.8. The summed E-state index contributed by atoms with van der Waals surface area (Å²) in [5, 5.41) is 2.85. The summed E-state index contributed by atoms with van der Waals surface area (Å²) in [4.78, 5) is 29.0. The first-order chi connectivity index (χ1) is 14.1. The summed E-state index contributed by atoms with van der Waals surface area (Å²) in [6.07, 6.45) is 0.341. The highest BCUT2D eigenvalue weighted by molar-refractivity contribution is 6.00. The fourth-order valence-electron chi connectivity index (χ4n) is 3.33. The van der Waals surface area contributed by atoms with E-state index in [1.807, 2.05) is 73.8 Å². The largest absolute Gasteiger partial charge is 0.327 e. The fraction of sp³-hybridized carbons (Fsp3) is 0.125. The molecule has 5 nitrogen and oxygen atoms in total. The minimum absolute atomic E-state index is 0.0297. The van der Waals surface area contributed by atoms with E-state index < -0.39 is 0 Å². The summed E-state index contributed by atoms with van der Waals surface area (Å²) < 4.78 is 2.05. The summed E-state index contributed by atoms with van der Waals surface area (Å²) in [5.41, 5.74) is 4.33. The van der Waals surface area contributed by atoms with Gasteiger partial charge >= 0.3 is 0 Å². The minimum Gasteiger partial charge on any atom is -0.327 e. The molecule has 5 heteroatoms. The van der Waals surface area contributed by atoms with E-state index in [1.165, 1.54) is 0 Å². The first-order valence-corrected chi connectivity index (χ1v) is 9.52. The fourth-order valence-corrected chi connectivity index (χ4v) is 3.33. The van der Waals surface area contributed by atoms with Gasteiger partial charge in [-0.05, 0) is 36.4 Å². The van der Waals surface area contributed by atoms with Gasteiger partial charge in [-0.25, -0.2) is 4.98 Å². The van der Waals surface area contributed by atoms with Gasteiger partial charge in [-0.3, -0.25) is 9.59 Å². The highest BCUT2D eigenvalue weighted by Crippen LogP contribution is 2.24. The molecule has 1 heterocycles. The highest BCUT2D eigenvalue weighted by atomic mass is 16.2. The van der Waals surface area contributed by atoms with Crippen LogP contribution in [-0.2, 0) is 11.8 Å². The molecule has 0 radical (unpaired) electrons. The molecule has 0 unspecified atom stereocenters. The molecule has 0 aliphatic rings. The van der Waals surface area contributed by atoms with Crippen LogP contribution in [0.3, 0.4) is 0 Å². The van der Waals surface area contributed by atoms with Crippen LogP contribution in [0.4, 0.5) is 5.69 Å². The van der Waals surface area contributed by atoms with Gasteiger partial charge in [-0.1, -0.05) is 42.5 Å². The number of imidazole rings is 1. The van der Waals surface area contributed by atoms with Crippen LogP contribution in [0.5, 0.6) is 0 Å². The highest BCUT2D eigenvalue weighted by Gasteiger charge is 2.11. The van der Waals surface area contributed by atoms with Crippen LogP contribution >= 0.6 is 0 Å². The van der Waals surface area contributed by atoms with E-state index in [-0.39, 0.29) is 24.5 Å². The first kappa shape index (κ1) is 18.6. The maximum Gasteiger partial charge on any atom is 0.224 e. The molecule has 29 heavy (non-hydrogen) atoms. The number of hydrogen-bond donors (Lipinski definition) is 1. The summed E-state index contributed by atoms with van der Waals surface area (Å²) in [7, 11) is 1.99. The lowest BCUT2D eigenvalue weighted by molar-refractivity contribution is -0.116. The molecule has 0 saturated heterocycles. The van der Waals surface area contributed by atoms with Crippen molar-refractivity contribution in [2.24, 2.45) is 7.05 Å². The summed E-state index contributed by atoms with van der Waals surface area (Å²) in [5.74, 6) is 0.667. The number of rotatable bonds is 6. The number of aromatic nitrogens is 2. The maximum atomic E-state index is 12.2. The van der Waals surface area contributed by atoms with Gasteiger partial charge in [0.05, 0.1) is 11.0 Å². The van der Waals surface area contributed by atoms with Gasteiger partial charge in [-0.15, -0.1) is 0 Å². The number of para-hydroxylation sites is 2. The van der Waals surface area contributed by atoms with Gasteiger partial charge in [0.1, 0.15) is 5.82 Å². The Balaban J connectivity index is 1.39. The number of fused-ring (bicyclic) bond motifs is 1. The van der Waals surface area contributed by atoms with Gasteiger partial charge in [0.15, 0.2) is 5.78 Å². The lowest BCUT2D eigenvalue weighted by Gasteiger charge is -2.07. The van der Waals surface area contributed by atoms with Crippen LogP contribution in [-0.4, -0.2) is 21.2 Å². The van der Waals surface area contributed by atoms with Crippen LogP contribution in [0.15, 0.2) is 78.9 Å². The van der Waals surface area contributed by atoms with Crippen molar-refractivity contribution in [1.29, 1.82) is 0 Å². The van der Waals surface area contributed by atoms with E-state index in [0.717, 1.165) is 22.4 Å². The maximum absolute atomic E-state index is 12.2. The van der Waals surface area contributed by atoms with Crippen molar-refractivity contribution in [1.82, 2.24) is 9.55 Å². The predicted molar refractivity (Wildman–Crippen MR) is 115 cm³/mol. The van der Waals surface area contributed by atoms with Crippen molar-refractivity contribution < 1.29 is 9.59 Å². The van der Waals surface area contributed by atoms with Gasteiger partial charge in [0.25, 0.3) is 0 Å². The van der Waals surface area contributed by atoms with E-state index in [4.69, 9.17) is 0 Å². The van der Waals surface area contributed by atoms with Crippen molar-refractivity contribution in [2.45, 2.75) is 12.8 Å². The van der Waals surface area contributed by atoms with Crippen LogP contribution in [0, 0.1) is 0 Å². The number of ketones is 1. The Morgan fingerprint density at radius 1 is 0.862 bits per heavy atom. The Labute approximate surface area is 169 Å².